The van der Waals surface area contributed by atoms with Crippen LogP contribution in [0.2, 0.25) is 18.1 Å². The van der Waals surface area contributed by atoms with Gasteiger partial charge in [-0.05, 0) is 43.3 Å². The van der Waals surface area contributed by atoms with E-state index in [0.29, 0.717) is 17.7 Å². The van der Waals surface area contributed by atoms with E-state index in [-0.39, 0.29) is 11.1 Å². The lowest BCUT2D eigenvalue weighted by Gasteiger charge is -2.38. The third-order valence-corrected chi connectivity index (χ3v) is 8.84. The van der Waals surface area contributed by atoms with Gasteiger partial charge < -0.3 is 14.3 Å². The van der Waals surface area contributed by atoms with Crippen LogP contribution in [0.15, 0.2) is 18.2 Å². The number of aliphatic hydroxyl groups is 1. The number of aliphatic hydroxyl groups excluding tert-OH is 1. The summed E-state index contributed by atoms with van der Waals surface area (Å²) >= 11 is 0. The Hall–Kier alpha value is -0.913. The van der Waals surface area contributed by atoms with E-state index >= 15 is 0 Å². The maximum Gasteiger partial charge on any atom is 0.192 e. The second-order valence-corrected chi connectivity index (χ2v) is 11.9. The maximum atomic E-state index is 13.4. The average molecular weight is 327 g/mol. The SMILES string of the molecule is [CH2]C(CC(O)c1cc(F)ccc1OC)O[Si](C)(C)C(C)(C)C. The van der Waals surface area contributed by atoms with E-state index in [1.54, 1.807) is 0 Å². The van der Waals surface area contributed by atoms with Gasteiger partial charge in [0.1, 0.15) is 11.6 Å². The molecule has 2 atom stereocenters. The van der Waals surface area contributed by atoms with Crippen molar-refractivity contribution in [2.24, 2.45) is 0 Å². The molecule has 0 aliphatic heterocycles. The third kappa shape index (κ3) is 4.79. The summed E-state index contributed by atoms with van der Waals surface area (Å²) in [5.41, 5.74) is 0.426. The van der Waals surface area contributed by atoms with Gasteiger partial charge in [-0.3, -0.25) is 0 Å². The molecule has 0 saturated heterocycles. The number of ether oxygens (including phenoxy) is 1. The molecule has 0 aliphatic carbocycles. The number of halogens is 1. The molecular weight excluding hydrogens is 299 g/mol. The van der Waals surface area contributed by atoms with E-state index in [2.05, 4.69) is 40.8 Å². The zero-order valence-corrected chi connectivity index (χ0v) is 15.4. The number of methoxy groups -OCH3 is 1. The van der Waals surface area contributed by atoms with Gasteiger partial charge in [-0.1, -0.05) is 20.8 Å². The Morgan fingerprint density at radius 2 is 1.91 bits per heavy atom. The molecule has 1 aromatic rings. The summed E-state index contributed by atoms with van der Waals surface area (Å²) in [6.45, 7) is 14.7. The standard InChI is InChI=1S/C17H28FO3Si/c1-12(21-22(6,7)17(2,3)4)10-15(19)14-11-13(18)8-9-16(14)20-5/h8-9,11-12,15,19H,1,10H2,2-7H3. The van der Waals surface area contributed by atoms with E-state index in [0.717, 1.165) is 0 Å². The van der Waals surface area contributed by atoms with Crippen molar-refractivity contribution in [1.82, 2.24) is 0 Å². The first-order valence-electron chi connectivity index (χ1n) is 7.50. The van der Waals surface area contributed by atoms with Gasteiger partial charge in [0.15, 0.2) is 8.32 Å². The van der Waals surface area contributed by atoms with E-state index in [4.69, 9.17) is 9.16 Å². The first-order chi connectivity index (χ1) is 9.98. The van der Waals surface area contributed by atoms with Gasteiger partial charge in [0, 0.05) is 18.1 Å². The van der Waals surface area contributed by atoms with Crippen molar-refractivity contribution >= 4 is 8.32 Å². The normalized spacial score (nSPS) is 15.5. The lowest BCUT2D eigenvalue weighted by Crippen LogP contribution is -2.43. The highest BCUT2D eigenvalue weighted by Crippen LogP contribution is 2.38. The minimum absolute atomic E-state index is 0.0738. The van der Waals surface area contributed by atoms with E-state index < -0.39 is 20.2 Å². The highest BCUT2D eigenvalue weighted by atomic mass is 28.4. The molecule has 2 unspecified atom stereocenters. The molecule has 0 saturated carbocycles. The molecule has 3 nitrogen and oxygen atoms in total. The van der Waals surface area contributed by atoms with Crippen LogP contribution in [0.5, 0.6) is 5.75 Å². The van der Waals surface area contributed by atoms with Crippen LogP contribution in [-0.4, -0.2) is 26.6 Å². The molecule has 0 amide bonds. The molecule has 1 N–H and O–H groups in total. The molecule has 5 heteroatoms. The van der Waals surface area contributed by atoms with Crippen molar-refractivity contribution < 1.29 is 18.7 Å². The summed E-state index contributed by atoms with van der Waals surface area (Å²) in [6, 6.07) is 4.12. The zero-order chi connectivity index (χ0) is 17.1. The first kappa shape index (κ1) is 19.1. The Kier molecular flexibility index (Phi) is 6.18. The zero-order valence-electron chi connectivity index (χ0n) is 14.4. The maximum absolute atomic E-state index is 13.4. The Balaban J connectivity index is 2.81. The third-order valence-electron chi connectivity index (χ3n) is 4.30. The molecule has 0 fully saturated rings. The molecule has 0 bridgehead atoms. The van der Waals surface area contributed by atoms with Crippen LogP contribution in [0.3, 0.4) is 0 Å². The van der Waals surface area contributed by atoms with Gasteiger partial charge in [-0.2, -0.15) is 0 Å². The van der Waals surface area contributed by atoms with Gasteiger partial charge in [0.2, 0.25) is 0 Å². The summed E-state index contributed by atoms with van der Waals surface area (Å²) in [6.07, 6.45) is -0.937. The molecule has 125 valence electrons. The number of benzene rings is 1. The van der Waals surface area contributed by atoms with Crippen LogP contribution in [-0.2, 0) is 4.43 Å². The van der Waals surface area contributed by atoms with Crippen molar-refractivity contribution in [2.75, 3.05) is 7.11 Å². The average Bonchev–Trinajstić information content (AvgIpc) is 2.36. The highest BCUT2D eigenvalue weighted by molar-refractivity contribution is 6.74. The molecular formula is C17H28FO3Si. The molecule has 0 aromatic heterocycles. The Labute approximate surface area is 134 Å². The van der Waals surface area contributed by atoms with Crippen LogP contribution >= 0.6 is 0 Å². The molecule has 0 heterocycles. The van der Waals surface area contributed by atoms with Crippen LogP contribution in [0.4, 0.5) is 4.39 Å². The quantitative estimate of drug-likeness (QED) is 0.783. The second kappa shape index (κ2) is 7.11. The predicted octanol–water partition coefficient (Wildman–Crippen LogP) is 4.48. The van der Waals surface area contributed by atoms with Crippen molar-refractivity contribution in [3.05, 3.63) is 36.5 Å². The molecule has 0 spiro atoms. The molecule has 1 rings (SSSR count). The first-order valence-corrected chi connectivity index (χ1v) is 10.4. The molecule has 22 heavy (non-hydrogen) atoms. The van der Waals surface area contributed by atoms with Crippen molar-refractivity contribution in [3.8, 4) is 5.75 Å². The second-order valence-electron chi connectivity index (χ2n) is 7.14. The highest BCUT2D eigenvalue weighted by Gasteiger charge is 2.38. The topological polar surface area (TPSA) is 38.7 Å². The van der Waals surface area contributed by atoms with Crippen molar-refractivity contribution in [2.45, 2.75) is 57.5 Å². The fourth-order valence-corrected chi connectivity index (χ4v) is 3.27. The van der Waals surface area contributed by atoms with Crippen LogP contribution in [0, 0.1) is 12.7 Å². The fraction of sp³-hybridized carbons (Fsp3) is 0.588. The Morgan fingerprint density at radius 1 is 1.32 bits per heavy atom. The lowest BCUT2D eigenvalue weighted by molar-refractivity contribution is 0.105. The van der Waals surface area contributed by atoms with Gasteiger partial charge in [-0.25, -0.2) is 4.39 Å². The smallest absolute Gasteiger partial charge is 0.192 e. The fourth-order valence-electron chi connectivity index (χ4n) is 1.98. The van der Waals surface area contributed by atoms with Gasteiger partial charge in [-0.15, -0.1) is 0 Å². The van der Waals surface area contributed by atoms with Gasteiger partial charge in [0.05, 0.1) is 13.2 Å². The molecule has 0 aliphatic rings. The van der Waals surface area contributed by atoms with E-state index in [1.807, 2.05) is 0 Å². The molecule has 1 aromatic carbocycles. The summed E-state index contributed by atoms with van der Waals surface area (Å²) in [4.78, 5) is 0. The van der Waals surface area contributed by atoms with Crippen LogP contribution < -0.4 is 4.74 Å². The summed E-state index contributed by atoms with van der Waals surface area (Å²) in [7, 11) is -0.450. The van der Waals surface area contributed by atoms with E-state index in [1.165, 1.54) is 25.3 Å². The Bertz CT molecular complexity index is 497. The van der Waals surface area contributed by atoms with Gasteiger partial charge >= 0.3 is 0 Å². The number of hydrogen-bond donors (Lipinski definition) is 1. The summed E-state index contributed by atoms with van der Waals surface area (Å²) in [5, 5.41) is 10.4. The van der Waals surface area contributed by atoms with Crippen LogP contribution in [0.25, 0.3) is 0 Å². The number of rotatable bonds is 6. The minimum Gasteiger partial charge on any atom is -0.496 e. The minimum atomic E-state index is -1.95. The lowest BCUT2D eigenvalue weighted by atomic mass is 10.0. The molecule has 1 radical (unpaired) electrons. The largest absolute Gasteiger partial charge is 0.496 e. The van der Waals surface area contributed by atoms with Crippen molar-refractivity contribution in [1.29, 1.82) is 0 Å². The summed E-state index contributed by atoms with van der Waals surface area (Å²) in [5.74, 6) is 0.0641. The monoisotopic (exact) mass is 327 g/mol. The number of hydrogen-bond acceptors (Lipinski definition) is 3. The summed E-state index contributed by atoms with van der Waals surface area (Å²) < 4.78 is 24.7. The predicted molar refractivity (Wildman–Crippen MR) is 90.0 cm³/mol. The van der Waals surface area contributed by atoms with E-state index in [9.17, 15) is 9.50 Å². The van der Waals surface area contributed by atoms with Crippen molar-refractivity contribution in [3.63, 3.8) is 0 Å². The van der Waals surface area contributed by atoms with Crippen LogP contribution in [0.1, 0.15) is 38.9 Å². The Morgan fingerprint density at radius 3 is 2.41 bits per heavy atom. The van der Waals surface area contributed by atoms with Gasteiger partial charge in [0.25, 0.3) is 0 Å².